The summed E-state index contributed by atoms with van der Waals surface area (Å²) >= 11 is 6.03. The molecule has 0 saturated carbocycles. The van der Waals surface area contributed by atoms with E-state index in [1.54, 1.807) is 26.0 Å². The Labute approximate surface area is 162 Å². The zero-order chi connectivity index (χ0) is 20.5. The van der Waals surface area contributed by atoms with Crippen molar-refractivity contribution in [1.82, 2.24) is 9.97 Å². The maximum Gasteiger partial charge on any atom is 0.573 e. The van der Waals surface area contributed by atoms with Crippen molar-refractivity contribution in [3.05, 3.63) is 69.2 Å². The van der Waals surface area contributed by atoms with Crippen molar-refractivity contribution in [2.75, 3.05) is 0 Å². The molecule has 0 aliphatic rings. The fourth-order valence-electron chi connectivity index (χ4n) is 2.62. The summed E-state index contributed by atoms with van der Waals surface area (Å²) in [5.74, 6) is 0.136. The first-order chi connectivity index (χ1) is 13.1. The third-order valence-corrected chi connectivity index (χ3v) is 4.27. The first-order valence-electron chi connectivity index (χ1n) is 8.03. The van der Waals surface area contributed by atoms with Crippen LogP contribution in [0.1, 0.15) is 11.4 Å². The van der Waals surface area contributed by atoms with Gasteiger partial charge in [0.05, 0.1) is 5.56 Å². The lowest BCUT2D eigenvalue weighted by molar-refractivity contribution is -0.274. The van der Waals surface area contributed by atoms with Crippen molar-refractivity contribution in [2.45, 2.75) is 20.2 Å². The van der Waals surface area contributed by atoms with E-state index in [1.807, 2.05) is 0 Å². The Bertz CT molecular complexity index is 1050. The number of H-pyrrole nitrogens is 1. The van der Waals surface area contributed by atoms with Gasteiger partial charge in [0.1, 0.15) is 16.5 Å². The molecule has 3 aromatic rings. The molecule has 5 nitrogen and oxygen atoms in total. The largest absolute Gasteiger partial charge is 0.573 e. The van der Waals surface area contributed by atoms with Crippen molar-refractivity contribution in [3.63, 3.8) is 0 Å². The molecule has 9 heteroatoms. The molecule has 0 aliphatic heterocycles. The molecule has 0 saturated heterocycles. The zero-order valence-electron chi connectivity index (χ0n) is 14.7. The number of aromatic nitrogens is 2. The number of nitrogens with zero attached hydrogens (tertiary/aromatic N) is 1. The molecule has 0 bridgehead atoms. The highest BCUT2D eigenvalue weighted by Crippen LogP contribution is 2.28. The molecule has 0 fully saturated rings. The predicted octanol–water partition coefficient (Wildman–Crippen LogP) is 5.40. The lowest BCUT2D eigenvalue weighted by atomic mass is 10.1. The van der Waals surface area contributed by atoms with Crippen LogP contribution in [0.15, 0.2) is 47.4 Å². The fourth-order valence-corrected chi connectivity index (χ4v) is 2.76. The highest BCUT2D eigenvalue weighted by Gasteiger charge is 2.31. The SMILES string of the molecule is Cc1[nH]c(C)c(-c2ccc(Oc3ccc(OC(F)(F)F)cc3)nc2)c(=O)c1Cl. The maximum absolute atomic E-state index is 12.4. The van der Waals surface area contributed by atoms with E-state index >= 15 is 0 Å². The van der Waals surface area contributed by atoms with Crippen LogP contribution in [0.3, 0.4) is 0 Å². The van der Waals surface area contributed by atoms with Gasteiger partial charge in [0, 0.05) is 29.2 Å². The molecule has 1 N–H and O–H groups in total. The van der Waals surface area contributed by atoms with Gasteiger partial charge in [0.15, 0.2) is 0 Å². The van der Waals surface area contributed by atoms with Crippen molar-refractivity contribution >= 4 is 11.6 Å². The summed E-state index contributed by atoms with van der Waals surface area (Å²) in [6.45, 7) is 3.47. The summed E-state index contributed by atoms with van der Waals surface area (Å²) in [6.07, 6.45) is -3.30. The van der Waals surface area contributed by atoms with Crippen LogP contribution in [-0.4, -0.2) is 16.3 Å². The predicted molar refractivity (Wildman–Crippen MR) is 98.0 cm³/mol. The second-order valence-corrected chi connectivity index (χ2v) is 6.28. The Balaban J connectivity index is 1.79. The van der Waals surface area contributed by atoms with Gasteiger partial charge in [-0.3, -0.25) is 4.79 Å². The third-order valence-electron chi connectivity index (χ3n) is 3.81. The number of benzene rings is 1. The van der Waals surface area contributed by atoms with Crippen LogP contribution in [0.5, 0.6) is 17.4 Å². The number of nitrogens with one attached hydrogen (secondary N) is 1. The minimum absolute atomic E-state index is 0.113. The summed E-state index contributed by atoms with van der Waals surface area (Å²) in [7, 11) is 0. The maximum atomic E-state index is 12.4. The molecular formula is C19H14ClF3N2O3. The molecule has 0 radical (unpaired) electrons. The summed E-state index contributed by atoms with van der Waals surface area (Å²) in [5.41, 5.74) is 1.90. The molecule has 0 spiro atoms. The molecule has 146 valence electrons. The Morgan fingerprint density at radius 2 is 1.64 bits per heavy atom. The van der Waals surface area contributed by atoms with Crippen molar-refractivity contribution in [3.8, 4) is 28.5 Å². The average molecular weight is 411 g/mol. The second-order valence-electron chi connectivity index (χ2n) is 5.90. The number of alkyl halides is 3. The van der Waals surface area contributed by atoms with Crippen molar-refractivity contribution in [2.24, 2.45) is 0 Å². The first-order valence-corrected chi connectivity index (χ1v) is 8.41. The summed E-state index contributed by atoms with van der Waals surface area (Å²) in [6, 6.07) is 8.11. The minimum Gasteiger partial charge on any atom is -0.439 e. The van der Waals surface area contributed by atoms with Gasteiger partial charge in [0.25, 0.3) is 0 Å². The van der Waals surface area contributed by atoms with E-state index in [9.17, 15) is 18.0 Å². The van der Waals surface area contributed by atoms with Crippen molar-refractivity contribution < 1.29 is 22.6 Å². The van der Waals surface area contributed by atoms with E-state index < -0.39 is 6.36 Å². The highest BCUT2D eigenvalue weighted by molar-refractivity contribution is 6.31. The van der Waals surface area contributed by atoms with E-state index in [0.29, 0.717) is 22.5 Å². The molecule has 0 atom stereocenters. The van der Waals surface area contributed by atoms with Gasteiger partial charge in [-0.2, -0.15) is 0 Å². The number of pyridine rings is 2. The molecule has 0 amide bonds. The van der Waals surface area contributed by atoms with Gasteiger partial charge in [-0.05, 0) is 44.2 Å². The van der Waals surface area contributed by atoms with Crippen LogP contribution in [0, 0.1) is 13.8 Å². The van der Waals surface area contributed by atoms with Gasteiger partial charge in [-0.1, -0.05) is 11.6 Å². The van der Waals surface area contributed by atoms with Gasteiger partial charge in [-0.15, -0.1) is 13.2 Å². The van der Waals surface area contributed by atoms with Crippen LogP contribution in [0.2, 0.25) is 5.02 Å². The van der Waals surface area contributed by atoms with Crippen LogP contribution >= 0.6 is 11.6 Å². The molecular weight excluding hydrogens is 397 g/mol. The van der Waals surface area contributed by atoms with E-state index in [-0.39, 0.29) is 27.8 Å². The Morgan fingerprint density at radius 3 is 2.21 bits per heavy atom. The number of halogens is 4. The van der Waals surface area contributed by atoms with Gasteiger partial charge < -0.3 is 14.5 Å². The molecule has 3 rings (SSSR count). The standard InChI is InChI=1S/C19H14ClF3N2O3/c1-10-16(18(26)17(20)11(2)25-10)12-3-8-15(24-9-12)27-13-4-6-14(7-5-13)28-19(21,22)23/h3-9H,1-2H3,(H,25,26). The number of hydrogen-bond acceptors (Lipinski definition) is 4. The summed E-state index contributed by atoms with van der Waals surface area (Å²) in [5, 5.41) is 0.113. The summed E-state index contributed by atoms with van der Waals surface area (Å²) in [4.78, 5) is 19.6. The number of hydrogen-bond donors (Lipinski definition) is 1. The fraction of sp³-hybridized carbons (Fsp3) is 0.158. The summed E-state index contributed by atoms with van der Waals surface area (Å²) < 4.78 is 45.8. The smallest absolute Gasteiger partial charge is 0.439 e. The normalized spacial score (nSPS) is 11.4. The quantitative estimate of drug-likeness (QED) is 0.625. The highest BCUT2D eigenvalue weighted by atomic mass is 35.5. The number of rotatable bonds is 4. The monoisotopic (exact) mass is 410 g/mol. The topological polar surface area (TPSA) is 64.2 Å². The van der Waals surface area contributed by atoms with Crippen LogP contribution < -0.4 is 14.9 Å². The lowest BCUT2D eigenvalue weighted by Crippen LogP contribution is -2.16. The number of ether oxygens (including phenoxy) is 2. The number of aromatic amines is 1. The molecule has 1 aromatic carbocycles. The van der Waals surface area contributed by atoms with Gasteiger partial charge in [0.2, 0.25) is 11.3 Å². The third kappa shape index (κ3) is 4.45. The number of aryl methyl sites for hydroxylation is 2. The first kappa shape index (κ1) is 19.8. The van der Waals surface area contributed by atoms with E-state index in [1.165, 1.54) is 18.3 Å². The second kappa shape index (κ2) is 7.55. The van der Waals surface area contributed by atoms with Crippen LogP contribution in [0.25, 0.3) is 11.1 Å². The van der Waals surface area contributed by atoms with Crippen molar-refractivity contribution in [1.29, 1.82) is 0 Å². The van der Waals surface area contributed by atoms with E-state index in [2.05, 4.69) is 14.7 Å². The Hall–Kier alpha value is -3.00. The average Bonchev–Trinajstić information content (AvgIpc) is 2.62. The molecule has 2 aromatic heterocycles. The van der Waals surface area contributed by atoms with Gasteiger partial charge >= 0.3 is 6.36 Å². The van der Waals surface area contributed by atoms with E-state index in [4.69, 9.17) is 16.3 Å². The Morgan fingerprint density at radius 1 is 1.00 bits per heavy atom. The minimum atomic E-state index is -4.76. The van der Waals surface area contributed by atoms with E-state index in [0.717, 1.165) is 12.1 Å². The Kier molecular flexibility index (Phi) is 5.33. The lowest BCUT2D eigenvalue weighted by Gasteiger charge is -2.10. The van der Waals surface area contributed by atoms with Crippen LogP contribution in [0.4, 0.5) is 13.2 Å². The zero-order valence-corrected chi connectivity index (χ0v) is 15.5. The molecule has 28 heavy (non-hydrogen) atoms. The van der Waals surface area contributed by atoms with Crippen LogP contribution in [-0.2, 0) is 0 Å². The molecule has 0 aliphatic carbocycles. The molecule has 0 unspecified atom stereocenters. The van der Waals surface area contributed by atoms with Gasteiger partial charge in [-0.25, -0.2) is 4.98 Å². The molecule has 2 heterocycles.